The van der Waals surface area contributed by atoms with Gasteiger partial charge in [-0.15, -0.1) is 5.10 Å². The highest BCUT2D eigenvalue weighted by molar-refractivity contribution is 5.88. The fraction of sp³-hybridized carbons (Fsp3) is 0.615. The van der Waals surface area contributed by atoms with E-state index in [9.17, 15) is 4.79 Å². The van der Waals surface area contributed by atoms with Crippen LogP contribution in [-0.2, 0) is 4.74 Å². The molecule has 2 aliphatic rings. The summed E-state index contributed by atoms with van der Waals surface area (Å²) in [5.74, 6) is 1.18. The second-order valence-electron chi connectivity index (χ2n) is 5.18. The van der Waals surface area contributed by atoms with Crippen molar-refractivity contribution in [2.24, 2.45) is 5.92 Å². The van der Waals surface area contributed by atoms with Gasteiger partial charge in [-0.1, -0.05) is 0 Å². The highest BCUT2D eigenvalue weighted by atomic mass is 16.5. The van der Waals surface area contributed by atoms with Gasteiger partial charge in [0, 0.05) is 18.8 Å². The zero-order valence-corrected chi connectivity index (χ0v) is 10.7. The third-order valence-corrected chi connectivity index (χ3v) is 3.61. The lowest BCUT2D eigenvalue weighted by Crippen LogP contribution is -2.44. The van der Waals surface area contributed by atoms with Crippen LogP contribution >= 0.6 is 0 Å². The van der Waals surface area contributed by atoms with E-state index in [1.807, 2.05) is 0 Å². The number of anilines is 1. The van der Waals surface area contributed by atoms with Crippen LogP contribution in [0.15, 0.2) is 18.3 Å². The van der Waals surface area contributed by atoms with E-state index < -0.39 is 0 Å². The van der Waals surface area contributed by atoms with Gasteiger partial charge in [-0.3, -0.25) is 5.32 Å². The topological polar surface area (TPSA) is 76.1 Å². The van der Waals surface area contributed by atoms with Crippen LogP contribution in [0.2, 0.25) is 0 Å². The minimum Gasteiger partial charge on any atom is -0.378 e. The van der Waals surface area contributed by atoms with E-state index in [0.29, 0.717) is 17.8 Å². The predicted molar refractivity (Wildman–Crippen MR) is 69.7 cm³/mol. The van der Waals surface area contributed by atoms with Gasteiger partial charge < -0.3 is 10.1 Å². The number of carbonyl (C=O) groups excluding carboxylic acids is 1. The van der Waals surface area contributed by atoms with Crippen molar-refractivity contribution in [1.82, 2.24) is 15.5 Å². The lowest BCUT2D eigenvalue weighted by molar-refractivity contribution is -0.00889. The van der Waals surface area contributed by atoms with Gasteiger partial charge in [-0.2, -0.15) is 5.10 Å². The Kier molecular flexibility index (Phi) is 3.59. The predicted octanol–water partition coefficient (Wildman–Crippen LogP) is 1.56. The molecule has 2 fully saturated rings. The van der Waals surface area contributed by atoms with Crippen molar-refractivity contribution in [3.05, 3.63) is 18.3 Å². The zero-order chi connectivity index (χ0) is 13.1. The number of hydrogen-bond donors (Lipinski definition) is 2. The van der Waals surface area contributed by atoms with E-state index in [2.05, 4.69) is 20.8 Å². The van der Waals surface area contributed by atoms with Crippen LogP contribution in [0, 0.1) is 5.92 Å². The van der Waals surface area contributed by atoms with Crippen LogP contribution in [0.5, 0.6) is 0 Å². The molecule has 2 heterocycles. The summed E-state index contributed by atoms with van der Waals surface area (Å²) < 4.78 is 5.74. The average Bonchev–Trinajstić information content (AvgIpc) is 3.24. The summed E-state index contributed by atoms with van der Waals surface area (Å²) in [5.41, 5.74) is 0. The van der Waals surface area contributed by atoms with Gasteiger partial charge in [0.05, 0.1) is 6.10 Å². The first kappa shape index (κ1) is 12.3. The molecule has 0 radical (unpaired) electrons. The molecule has 2 amide bonds. The maximum atomic E-state index is 11.8. The van der Waals surface area contributed by atoms with E-state index in [-0.39, 0.29) is 12.1 Å². The summed E-state index contributed by atoms with van der Waals surface area (Å²) >= 11 is 0. The van der Waals surface area contributed by atoms with Gasteiger partial charge in [0.15, 0.2) is 5.82 Å². The normalized spacial score (nSPS) is 26.7. The molecule has 2 N–H and O–H groups in total. The van der Waals surface area contributed by atoms with Gasteiger partial charge in [-0.25, -0.2) is 4.79 Å². The van der Waals surface area contributed by atoms with Crippen molar-refractivity contribution >= 4 is 11.8 Å². The molecule has 2 atom stereocenters. The molecule has 1 aliphatic carbocycles. The van der Waals surface area contributed by atoms with E-state index in [1.54, 1.807) is 18.3 Å². The number of ether oxygens (including phenoxy) is 1. The summed E-state index contributed by atoms with van der Waals surface area (Å²) in [4.78, 5) is 11.8. The molecule has 1 aromatic rings. The lowest BCUT2D eigenvalue weighted by Gasteiger charge is -2.30. The summed E-state index contributed by atoms with van der Waals surface area (Å²) in [7, 11) is 0. The van der Waals surface area contributed by atoms with Crippen molar-refractivity contribution in [2.45, 2.75) is 37.8 Å². The van der Waals surface area contributed by atoms with E-state index in [0.717, 1.165) is 19.4 Å². The molecule has 1 aliphatic heterocycles. The summed E-state index contributed by atoms with van der Waals surface area (Å²) in [6.07, 6.45) is 6.22. The molecule has 0 bridgehead atoms. The summed E-state index contributed by atoms with van der Waals surface area (Å²) in [6.45, 7) is 0.733. The van der Waals surface area contributed by atoms with Gasteiger partial charge in [0.2, 0.25) is 0 Å². The molecule has 0 unspecified atom stereocenters. The second kappa shape index (κ2) is 5.52. The zero-order valence-electron chi connectivity index (χ0n) is 10.7. The molecule has 0 spiro atoms. The number of rotatable bonds is 3. The van der Waals surface area contributed by atoms with Crippen LogP contribution in [0.4, 0.5) is 10.6 Å². The fourth-order valence-electron chi connectivity index (χ4n) is 2.46. The highest BCUT2D eigenvalue weighted by Gasteiger charge is 2.36. The quantitative estimate of drug-likeness (QED) is 0.866. The van der Waals surface area contributed by atoms with Crippen molar-refractivity contribution in [2.75, 3.05) is 11.9 Å². The highest BCUT2D eigenvalue weighted by Crippen LogP contribution is 2.38. The minimum atomic E-state index is -0.220. The molecule has 1 saturated heterocycles. The smallest absolute Gasteiger partial charge is 0.320 e. The molecule has 3 rings (SSSR count). The number of nitrogens with zero attached hydrogens (tertiary/aromatic N) is 2. The Hall–Kier alpha value is -1.69. The number of nitrogens with one attached hydrogen (secondary N) is 2. The number of hydrogen-bond acceptors (Lipinski definition) is 4. The van der Waals surface area contributed by atoms with Crippen LogP contribution in [0.25, 0.3) is 0 Å². The van der Waals surface area contributed by atoms with Crippen LogP contribution < -0.4 is 10.6 Å². The Morgan fingerprint density at radius 3 is 3.00 bits per heavy atom. The van der Waals surface area contributed by atoms with Gasteiger partial charge >= 0.3 is 6.03 Å². The van der Waals surface area contributed by atoms with Crippen LogP contribution in [-0.4, -0.2) is 35.0 Å². The van der Waals surface area contributed by atoms with Crippen molar-refractivity contribution < 1.29 is 9.53 Å². The van der Waals surface area contributed by atoms with Crippen molar-refractivity contribution in [3.63, 3.8) is 0 Å². The standard InChI is InChI=1S/C13H18N4O2/c18-13(16-12-2-1-6-14-17-12)15-10-5-7-19-11(8-10)9-3-4-9/h1-2,6,9-11H,3-5,7-8H2,(H2,15,16,17,18)/t10-,11-/m1/s1. The first-order valence-corrected chi connectivity index (χ1v) is 6.78. The Morgan fingerprint density at radius 2 is 2.26 bits per heavy atom. The number of amides is 2. The monoisotopic (exact) mass is 262 g/mol. The number of carbonyl (C=O) groups is 1. The fourth-order valence-corrected chi connectivity index (χ4v) is 2.46. The maximum Gasteiger partial charge on any atom is 0.320 e. The molecule has 6 heteroatoms. The van der Waals surface area contributed by atoms with E-state index in [1.165, 1.54) is 12.8 Å². The SMILES string of the molecule is O=C(Nc1cccnn1)N[C@@H]1CCO[C@@H](C2CC2)C1. The molecule has 6 nitrogen and oxygen atoms in total. The molecular formula is C13H18N4O2. The second-order valence-corrected chi connectivity index (χ2v) is 5.18. The number of urea groups is 1. The molecule has 1 aromatic heterocycles. The van der Waals surface area contributed by atoms with Gasteiger partial charge in [-0.05, 0) is 43.7 Å². The lowest BCUT2D eigenvalue weighted by atomic mass is 10.0. The Labute approximate surface area is 111 Å². The van der Waals surface area contributed by atoms with Crippen molar-refractivity contribution in [3.8, 4) is 0 Å². The van der Waals surface area contributed by atoms with Crippen LogP contribution in [0.3, 0.4) is 0 Å². The Bertz CT molecular complexity index is 436. The third kappa shape index (κ3) is 3.41. The largest absolute Gasteiger partial charge is 0.378 e. The Balaban J connectivity index is 1.48. The number of aromatic nitrogens is 2. The maximum absolute atomic E-state index is 11.8. The first-order valence-electron chi connectivity index (χ1n) is 6.78. The van der Waals surface area contributed by atoms with E-state index in [4.69, 9.17) is 4.74 Å². The van der Waals surface area contributed by atoms with Gasteiger partial charge in [0.1, 0.15) is 0 Å². The first-order chi connectivity index (χ1) is 9.31. The molecule has 1 saturated carbocycles. The molecule has 102 valence electrons. The van der Waals surface area contributed by atoms with E-state index >= 15 is 0 Å². The third-order valence-electron chi connectivity index (χ3n) is 3.61. The molecular weight excluding hydrogens is 244 g/mol. The molecule has 0 aromatic carbocycles. The van der Waals surface area contributed by atoms with Crippen LogP contribution in [0.1, 0.15) is 25.7 Å². The summed E-state index contributed by atoms with van der Waals surface area (Å²) in [5, 5.41) is 13.2. The molecule has 19 heavy (non-hydrogen) atoms. The Morgan fingerprint density at radius 1 is 1.37 bits per heavy atom. The average molecular weight is 262 g/mol. The minimum absolute atomic E-state index is 0.191. The summed E-state index contributed by atoms with van der Waals surface area (Å²) in [6, 6.07) is 3.42. The van der Waals surface area contributed by atoms with Crippen molar-refractivity contribution in [1.29, 1.82) is 0 Å². The van der Waals surface area contributed by atoms with Gasteiger partial charge in [0.25, 0.3) is 0 Å².